The zero-order chi connectivity index (χ0) is 10.8. The first-order valence-corrected chi connectivity index (χ1v) is 5.18. The second kappa shape index (κ2) is 4.21. The third-order valence-electron chi connectivity index (χ3n) is 2.14. The summed E-state index contributed by atoms with van der Waals surface area (Å²) in [6.07, 6.45) is -0.265. The van der Waals surface area contributed by atoms with E-state index in [4.69, 9.17) is 21.1 Å². The lowest BCUT2D eigenvalue weighted by molar-refractivity contribution is 0.0953. The molecule has 0 aromatic heterocycles. The highest BCUT2D eigenvalue weighted by Crippen LogP contribution is 2.27. The zero-order valence-electron chi connectivity index (χ0n) is 8.33. The molecule has 1 atom stereocenters. The predicted octanol–water partition coefficient (Wildman–Crippen LogP) is 2.32. The summed E-state index contributed by atoms with van der Waals surface area (Å²) in [6, 6.07) is 5.04. The molecule has 0 bridgehead atoms. The van der Waals surface area contributed by atoms with Crippen molar-refractivity contribution < 1.29 is 14.3 Å². The number of benzene rings is 1. The van der Waals surface area contributed by atoms with Gasteiger partial charge in [-0.2, -0.15) is 0 Å². The molecule has 4 heteroatoms. The number of ether oxygens (including phenoxy) is 2. The van der Waals surface area contributed by atoms with E-state index in [2.05, 4.69) is 0 Å². The van der Waals surface area contributed by atoms with Crippen LogP contribution in [0, 0.1) is 0 Å². The van der Waals surface area contributed by atoms with Crippen molar-refractivity contribution in [1.29, 1.82) is 0 Å². The number of ketones is 1. The summed E-state index contributed by atoms with van der Waals surface area (Å²) in [5.41, 5.74) is 0.575. The molecule has 15 heavy (non-hydrogen) atoms. The molecule has 1 saturated heterocycles. The zero-order valence-corrected chi connectivity index (χ0v) is 9.08. The van der Waals surface area contributed by atoms with Gasteiger partial charge in [-0.25, -0.2) is 0 Å². The van der Waals surface area contributed by atoms with Crippen molar-refractivity contribution in [2.45, 2.75) is 13.0 Å². The highest BCUT2D eigenvalue weighted by atomic mass is 35.5. The first-order chi connectivity index (χ1) is 7.22. The maximum absolute atomic E-state index is 11.6. The van der Waals surface area contributed by atoms with E-state index in [1.807, 2.05) is 6.92 Å². The van der Waals surface area contributed by atoms with Crippen LogP contribution in [0.2, 0.25) is 5.02 Å². The van der Waals surface area contributed by atoms with E-state index in [1.54, 1.807) is 18.2 Å². The van der Waals surface area contributed by atoms with E-state index < -0.39 is 0 Å². The fraction of sp³-hybridized carbons (Fsp3) is 0.364. The van der Waals surface area contributed by atoms with Gasteiger partial charge < -0.3 is 9.47 Å². The Balaban J connectivity index is 2.20. The van der Waals surface area contributed by atoms with Crippen molar-refractivity contribution in [1.82, 2.24) is 0 Å². The summed E-state index contributed by atoms with van der Waals surface area (Å²) in [4.78, 5) is 11.6. The van der Waals surface area contributed by atoms with Crippen LogP contribution >= 0.6 is 11.6 Å². The van der Waals surface area contributed by atoms with Crippen LogP contribution < -0.4 is 4.74 Å². The minimum Gasteiger partial charge on any atom is -0.492 e. The summed E-state index contributed by atoms with van der Waals surface area (Å²) in [6.45, 7) is 2.95. The third kappa shape index (κ3) is 2.30. The highest BCUT2D eigenvalue weighted by molar-refractivity contribution is 6.32. The lowest BCUT2D eigenvalue weighted by Gasteiger charge is -2.06. The van der Waals surface area contributed by atoms with E-state index in [9.17, 15) is 4.79 Å². The van der Waals surface area contributed by atoms with E-state index in [1.165, 1.54) is 0 Å². The maximum Gasteiger partial charge on any atom is 0.193 e. The van der Waals surface area contributed by atoms with Gasteiger partial charge >= 0.3 is 0 Å². The molecule has 1 unspecified atom stereocenters. The topological polar surface area (TPSA) is 38.8 Å². The molecule has 80 valence electrons. The van der Waals surface area contributed by atoms with Gasteiger partial charge in [0.2, 0.25) is 0 Å². The second-order valence-corrected chi connectivity index (χ2v) is 3.67. The van der Waals surface area contributed by atoms with Gasteiger partial charge in [-0.3, -0.25) is 4.79 Å². The van der Waals surface area contributed by atoms with Crippen molar-refractivity contribution >= 4 is 17.4 Å². The van der Waals surface area contributed by atoms with Gasteiger partial charge in [-0.05, 0) is 25.1 Å². The minimum absolute atomic E-state index is 0.0139. The Hall–Kier alpha value is -1.06. The van der Waals surface area contributed by atoms with Crippen molar-refractivity contribution in [2.75, 3.05) is 13.2 Å². The number of halogens is 1. The number of hydrogen-bond acceptors (Lipinski definition) is 3. The summed E-state index contributed by atoms with van der Waals surface area (Å²) >= 11 is 5.96. The fourth-order valence-electron chi connectivity index (χ4n) is 1.31. The summed E-state index contributed by atoms with van der Waals surface area (Å²) in [5.74, 6) is 0.590. The summed E-state index contributed by atoms with van der Waals surface area (Å²) < 4.78 is 10.2. The molecular formula is C11H11ClO3. The number of carbonyl (C=O) groups is 1. The van der Waals surface area contributed by atoms with E-state index in [0.29, 0.717) is 29.5 Å². The quantitative estimate of drug-likeness (QED) is 0.584. The molecular weight excluding hydrogens is 216 g/mol. The van der Waals surface area contributed by atoms with Crippen LogP contribution in [0.5, 0.6) is 5.75 Å². The molecule has 1 aromatic carbocycles. The van der Waals surface area contributed by atoms with Crippen molar-refractivity contribution in [3.05, 3.63) is 28.8 Å². The number of carbonyl (C=O) groups excluding carboxylic acids is 1. The van der Waals surface area contributed by atoms with Gasteiger partial charge in [0.05, 0.1) is 18.2 Å². The molecule has 0 aliphatic carbocycles. The number of epoxide rings is 1. The van der Waals surface area contributed by atoms with E-state index in [-0.39, 0.29) is 11.9 Å². The Morgan fingerprint density at radius 2 is 2.40 bits per heavy atom. The van der Waals surface area contributed by atoms with Crippen LogP contribution in [0.3, 0.4) is 0 Å². The Labute approximate surface area is 92.9 Å². The second-order valence-electron chi connectivity index (χ2n) is 3.26. The molecule has 1 aliphatic rings. The molecule has 3 nitrogen and oxygen atoms in total. The standard InChI is InChI=1S/C11H11ClO3/c1-2-14-9-4-3-7(5-8(9)12)11(13)10-6-15-10/h3-5,10H,2,6H2,1H3. The Morgan fingerprint density at radius 1 is 1.67 bits per heavy atom. The molecule has 1 aliphatic heterocycles. The van der Waals surface area contributed by atoms with E-state index >= 15 is 0 Å². The molecule has 0 radical (unpaired) electrons. The van der Waals surface area contributed by atoms with Crippen molar-refractivity contribution in [2.24, 2.45) is 0 Å². The number of hydrogen-bond donors (Lipinski definition) is 0. The SMILES string of the molecule is CCOc1ccc(C(=O)C2CO2)cc1Cl. The molecule has 0 saturated carbocycles. The van der Waals surface area contributed by atoms with Crippen LogP contribution in [-0.2, 0) is 4.74 Å². The molecule has 0 amide bonds. The first kappa shape index (κ1) is 10.5. The molecule has 1 heterocycles. The average molecular weight is 227 g/mol. The highest BCUT2D eigenvalue weighted by Gasteiger charge is 2.32. The Morgan fingerprint density at radius 3 is 2.93 bits per heavy atom. The average Bonchev–Trinajstić information content (AvgIpc) is 3.04. The smallest absolute Gasteiger partial charge is 0.193 e. The normalized spacial score (nSPS) is 18.7. The monoisotopic (exact) mass is 226 g/mol. The molecule has 1 aromatic rings. The van der Waals surface area contributed by atoms with Crippen LogP contribution in [0.25, 0.3) is 0 Å². The van der Waals surface area contributed by atoms with Crippen LogP contribution in [-0.4, -0.2) is 25.1 Å². The predicted molar refractivity (Wildman–Crippen MR) is 56.7 cm³/mol. The van der Waals surface area contributed by atoms with E-state index in [0.717, 1.165) is 0 Å². The summed E-state index contributed by atoms with van der Waals surface area (Å²) in [5, 5.41) is 0.461. The van der Waals surface area contributed by atoms with Gasteiger partial charge in [0.15, 0.2) is 5.78 Å². The number of rotatable bonds is 4. The lowest BCUT2D eigenvalue weighted by Crippen LogP contribution is -2.07. The minimum atomic E-state index is -0.265. The van der Waals surface area contributed by atoms with Crippen molar-refractivity contribution in [3.63, 3.8) is 0 Å². The number of Topliss-reactive ketones (excluding diaryl/α,β-unsaturated/α-hetero) is 1. The lowest BCUT2D eigenvalue weighted by atomic mass is 10.1. The Bertz CT molecular complexity index is 385. The van der Waals surface area contributed by atoms with Crippen LogP contribution in [0.4, 0.5) is 0 Å². The van der Waals surface area contributed by atoms with Gasteiger partial charge in [-0.15, -0.1) is 0 Å². The third-order valence-corrected chi connectivity index (χ3v) is 2.44. The fourth-order valence-corrected chi connectivity index (χ4v) is 1.55. The largest absolute Gasteiger partial charge is 0.492 e. The van der Waals surface area contributed by atoms with Crippen LogP contribution in [0.1, 0.15) is 17.3 Å². The van der Waals surface area contributed by atoms with Crippen LogP contribution in [0.15, 0.2) is 18.2 Å². The van der Waals surface area contributed by atoms with Gasteiger partial charge in [-0.1, -0.05) is 11.6 Å². The maximum atomic E-state index is 11.6. The van der Waals surface area contributed by atoms with Gasteiger partial charge in [0.25, 0.3) is 0 Å². The van der Waals surface area contributed by atoms with Crippen molar-refractivity contribution in [3.8, 4) is 5.75 Å². The van der Waals surface area contributed by atoms with Gasteiger partial charge in [0, 0.05) is 5.56 Å². The first-order valence-electron chi connectivity index (χ1n) is 4.80. The summed E-state index contributed by atoms with van der Waals surface area (Å²) in [7, 11) is 0. The van der Waals surface area contributed by atoms with Gasteiger partial charge in [0.1, 0.15) is 11.9 Å². The molecule has 0 spiro atoms. The molecule has 0 N–H and O–H groups in total. The molecule has 2 rings (SSSR count). The Kier molecular flexibility index (Phi) is 2.93. The molecule has 1 fully saturated rings.